The van der Waals surface area contributed by atoms with Crippen molar-refractivity contribution in [2.24, 2.45) is 11.7 Å². The van der Waals surface area contributed by atoms with E-state index in [1.165, 1.54) is 4.88 Å². The Morgan fingerprint density at radius 3 is 2.82 bits per heavy atom. The third-order valence-corrected chi connectivity index (χ3v) is 2.45. The lowest BCUT2D eigenvalue weighted by Gasteiger charge is -2.10. The van der Waals surface area contributed by atoms with Gasteiger partial charge in [-0.25, -0.2) is 0 Å². The normalized spacial score (nSPS) is 13.8. The van der Waals surface area contributed by atoms with Crippen LogP contribution in [0.3, 0.4) is 0 Å². The Hall–Kier alpha value is -0.410. The van der Waals surface area contributed by atoms with Gasteiger partial charge < -0.3 is 5.73 Å². The van der Waals surface area contributed by atoms with Crippen LogP contribution >= 0.6 is 11.3 Å². The first kappa shape index (κ1) is 8.68. The van der Waals surface area contributed by atoms with E-state index in [4.69, 9.17) is 5.73 Å². The lowest BCUT2D eigenvalue weighted by molar-refractivity contribution is 0.514. The van der Waals surface area contributed by atoms with Crippen molar-refractivity contribution in [3.8, 4) is 0 Å². The first-order chi connectivity index (χ1) is 5.20. The number of nitrogens with two attached hydrogens (primary N) is 1. The van der Waals surface area contributed by atoms with Crippen molar-refractivity contribution in [2.45, 2.75) is 26.3 Å². The molecule has 0 aromatic carbocycles. The Morgan fingerprint density at radius 1 is 1.64 bits per heavy atom. The molecule has 1 aromatic heterocycles. The molecule has 1 heterocycles. The largest absolute Gasteiger partial charge is 0.323 e. The van der Waals surface area contributed by atoms with Crippen LogP contribution in [-0.2, 0) is 0 Å². The van der Waals surface area contributed by atoms with E-state index in [9.17, 15) is 0 Å². The SMILES string of the molecule is CC(C)CC(N)c1cncs1. The average Bonchev–Trinajstić information content (AvgIpc) is 2.35. The standard InChI is InChI=1S/C8H14N2S/c1-6(2)3-7(9)8-4-10-5-11-8/h4-7H,3,9H2,1-2H3. The molecule has 0 spiro atoms. The molecule has 0 aliphatic rings. The lowest BCUT2D eigenvalue weighted by atomic mass is 10.0. The van der Waals surface area contributed by atoms with Crippen LogP contribution in [0.5, 0.6) is 0 Å². The van der Waals surface area contributed by atoms with Gasteiger partial charge in [0.2, 0.25) is 0 Å². The molecule has 0 bridgehead atoms. The number of aromatic nitrogens is 1. The molecule has 1 atom stereocenters. The van der Waals surface area contributed by atoms with Crippen molar-refractivity contribution in [3.63, 3.8) is 0 Å². The van der Waals surface area contributed by atoms with E-state index >= 15 is 0 Å². The molecule has 0 saturated heterocycles. The van der Waals surface area contributed by atoms with Gasteiger partial charge in [-0.1, -0.05) is 13.8 Å². The maximum absolute atomic E-state index is 5.91. The van der Waals surface area contributed by atoms with Gasteiger partial charge in [0.1, 0.15) is 0 Å². The van der Waals surface area contributed by atoms with Crippen LogP contribution in [0.25, 0.3) is 0 Å². The van der Waals surface area contributed by atoms with Crippen molar-refractivity contribution in [1.29, 1.82) is 0 Å². The highest BCUT2D eigenvalue weighted by molar-refractivity contribution is 7.09. The minimum Gasteiger partial charge on any atom is -0.323 e. The van der Waals surface area contributed by atoms with Crippen molar-refractivity contribution in [1.82, 2.24) is 4.98 Å². The van der Waals surface area contributed by atoms with E-state index < -0.39 is 0 Å². The second-order valence-electron chi connectivity index (χ2n) is 3.14. The Balaban J connectivity index is 2.49. The van der Waals surface area contributed by atoms with Crippen molar-refractivity contribution in [2.75, 3.05) is 0 Å². The zero-order valence-electron chi connectivity index (χ0n) is 6.95. The van der Waals surface area contributed by atoms with E-state index in [-0.39, 0.29) is 6.04 Å². The van der Waals surface area contributed by atoms with Crippen LogP contribution in [0, 0.1) is 5.92 Å². The van der Waals surface area contributed by atoms with Gasteiger partial charge in [0, 0.05) is 17.1 Å². The summed E-state index contributed by atoms with van der Waals surface area (Å²) in [4.78, 5) is 5.18. The van der Waals surface area contributed by atoms with Gasteiger partial charge in [-0.05, 0) is 12.3 Å². The van der Waals surface area contributed by atoms with Crippen molar-refractivity contribution < 1.29 is 0 Å². The topological polar surface area (TPSA) is 38.9 Å². The Labute approximate surface area is 71.5 Å². The smallest absolute Gasteiger partial charge is 0.0794 e. The average molecular weight is 170 g/mol. The number of hydrogen-bond donors (Lipinski definition) is 1. The first-order valence-corrected chi connectivity index (χ1v) is 4.72. The molecule has 0 aliphatic heterocycles. The van der Waals surface area contributed by atoms with Crippen LogP contribution in [0.4, 0.5) is 0 Å². The molecule has 3 heteroatoms. The molecule has 0 amide bonds. The monoisotopic (exact) mass is 170 g/mol. The van der Waals surface area contributed by atoms with Gasteiger partial charge in [-0.3, -0.25) is 4.98 Å². The fourth-order valence-corrected chi connectivity index (χ4v) is 1.67. The van der Waals surface area contributed by atoms with Crippen molar-refractivity contribution in [3.05, 3.63) is 16.6 Å². The molecule has 0 radical (unpaired) electrons. The third-order valence-electron chi connectivity index (χ3n) is 1.54. The van der Waals surface area contributed by atoms with Crippen LogP contribution in [0.15, 0.2) is 11.7 Å². The molecule has 62 valence electrons. The van der Waals surface area contributed by atoms with Gasteiger partial charge in [0.05, 0.1) is 5.51 Å². The summed E-state index contributed by atoms with van der Waals surface area (Å²) in [5.74, 6) is 0.659. The molecule has 0 aliphatic carbocycles. The quantitative estimate of drug-likeness (QED) is 0.755. The summed E-state index contributed by atoms with van der Waals surface area (Å²) in [5.41, 5.74) is 7.74. The Morgan fingerprint density at radius 2 is 2.36 bits per heavy atom. The molecule has 1 rings (SSSR count). The van der Waals surface area contributed by atoms with Crippen LogP contribution < -0.4 is 5.73 Å². The van der Waals surface area contributed by atoms with Gasteiger partial charge in [-0.2, -0.15) is 0 Å². The minimum atomic E-state index is 0.183. The van der Waals surface area contributed by atoms with Gasteiger partial charge in [-0.15, -0.1) is 11.3 Å². The summed E-state index contributed by atoms with van der Waals surface area (Å²) < 4.78 is 0. The number of rotatable bonds is 3. The summed E-state index contributed by atoms with van der Waals surface area (Å²) in [6.45, 7) is 4.36. The summed E-state index contributed by atoms with van der Waals surface area (Å²) in [6.07, 6.45) is 2.90. The van der Waals surface area contributed by atoms with E-state index in [2.05, 4.69) is 18.8 Å². The molecule has 1 unspecified atom stereocenters. The highest BCUT2D eigenvalue weighted by atomic mass is 32.1. The maximum atomic E-state index is 5.91. The molecular formula is C8H14N2S. The van der Waals surface area contributed by atoms with E-state index in [1.54, 1.807) is 11.3 Å². The van der Waals surface area contributed by atoms with E-state index in [0.29, 0.717) is 5.92 Å². The van der Waals surface area contributed by atoms with Crippen LogP contribution in [-0.4, -0.2) is 4.98 Å². The number of hydrogen-bond acceptors (Lipinski definition) is 3. The molecular weight excluding hydrogens is 156 g/mol. The zero-order valence-corrected chi connectivity index (χ0v) is 7.77. The number of thiazole rings is 1. The van der Waals surface area contributed by atoms with Crippen molar-refractivity contribution >= 4 is 11.3 Å². The molecule has 2 N–H and O–H groups in total. The second-order valence-corrected chi connectivity index (χ2v) is 4.06. The van der Waals surface area contributed by atoms with E-state index in [0.717, 1.165) is 6.42 Å². The Bertz CT molecular complexity index is 194. The third kappa shape index (κ3) is 2.60. The lowest BCUT2D eigenvalue weighted by Crippen LogP contribution is -2.11. The highest BCUT2D eigenvalue weighted by Crippen LogP contribution is 2.21. The predicted octanol–water partition coefficient (Wildman–Crippen LogP) is 2.19. The number of nitrogens with zero attached hydrogens (tertiary/aromatic N) is 1. The maximum Gasteiger partial charge on any atom is 0.0794 e. The fraction of sp³-hybridized carbons (Fsp3) is 0.625. The fourth-order valence-electron chi connectivity index (χ4n) is 1.03. The van der Waals surface area contributed by atoms with Gasteiger partial charge >= 0.3 is 0 Å². The highest BCUT2D eigenvalue weighted by Gasteiger charge is 2.08. The summed E-state index contributed by atoms with van der Waals surface area (Å²) >= 11 is 1.64. The molecule has 2 nitrogen and oxygen atoms in total. The zero-order chi connectivity index (χ0) is 8.27. The van der Waals surface area contributed by atoms with Gasteiger partial charge in [0.15, 0.2) is 0 Å². The Kier molecular flexibility index (Phi) is 3.02. The molecule has 0 saturated carbocycles. The second kappa shape index (κ2) is 3.83. The molecule has 11 heavy (non-hydrogen) atoms. The summed E-state index contributed by atoms with van der Waals surface area (Å²) in [7, 11) is 0. The van der Waals surface area contributed by atoms with E-state index in [1.807, 2.05) is 11.7 Å². The van der Waals surface area contributed by atoms with Crippen LogP contribution in [0.1, 0.15) is 31.2 Å². The van der Waals surface area contributed by atoms with Gasteiger partial charge in [0.25, 0.3) is 0 Å². The first-order valence-electron chi connectivity index (χ1n) is 3.84. The summed E-state index contributed by atoms with van der Waals surface area (Å²) in [5, 5.41) is 0. The molecule has 1 aromatic rings. The predicted molar refractivity (Wildman–Crippen MR) is 48.5 cm³/mol. The molecule has 0 fully saturated rings. The minimum absolute atomic E-state index is 0.183. The summed E-state index contributed by atoms with van der Waals surface area (Å²) in [6, 6.07) is 0.183. The van der Waals surface area contributed by atoms with Crippen LogP contribution in [0.2, 0.25) is 0 Å².